The van der Waals surface area contributed by atoms with Crippen LogP contribution in [0.1, 0.15) is 34.1 Å². The predicted octanol–water partition coefficient (Wildman–Crippen LogP) is 1.01. The fraction of sp³-hybridized carbons (Fsp3) is 0.438. The number of rotatable bonds is 4. The molecule has 23 heavy (non-hydrogen) atoms. The van der Waals surface area contributed by atoms with Crippen molar-refractivity contribution in [1.29, 1.82) is 0 Å². The first-order valence-electron chi connectivity index (χ1n) is 7.63. The van der Waals surface area contributed by atoms with E-state index in [4.69, 9.17) is 0 Å². The minimum atomic E-state index is -0.139. The Morgan fingerprint density at radius 2 is 2.26 bits per heavy atom. The molecule has 2 amide bonds. The molecule has 1 aliphatic heterocycles. The zero-order valence-corrected chi connectivity index (χ0v) is 13.5. The molecule has 0 bridgehead atoms. The van der Waals surface area contributed by atoms with Gasteiger partial charge in [0.1, 0.15) is 5.69 Å². The third-order valence-electron chi connectivity index (χ3n) is 4.47. The zero-order valence-electron chi connectivity index (χ0n) is 13.5. The number of carbonyl (C=O) groups is 2. The van der Waals surface area contributed by atoms with E-state index >= 15 is 0 Å². The first kappa shape index (κ1) is 15.3. The van der Waals surface area contributed by atoms with Crippen molar-refractivity contribution in [2.24, 2.45) is 13.0 Å². The highest BCUT2D eigenvalue weighted by atomic mass is 16.2. The zero-order chi connectivity index (χ0) is 16.6. The van der Waals surface area contributed by atoms with Crippen LogP contribution in [-0.2, 0) is 11.8 Å². The molecule has 0 aliphatic carbocycles. The quantitative estimate of drug-likeness (QED) is 0.883. The van der Waals surface area contributed by atoms with Crippen molar-refractivity contribution in [2.45, 2.75) is 19.4 Å². The van der Waals surface area contributed by atoms with Crippen LogP contribution in [0, 0.1) is 12.8 Å². The molecular formula is C16H21N5O2. The highest BCUT2D eigenvalue weighted by molar-refractivity contribution is 5.93. The van der Waals surface area contributed by atoms with Gasteiger partial charge in [0.25, 0.3) is 5.91 Å². The van der Waals surface area contributed by atoms with Crippen molar-refractivity contribution < 1.29 is 9.59 Å². The molecule has 3 rings (SSSR count). The van der Waals surface area contributed by atoms with Crippen molar-refractivity contribution in [3.8, 4) is 0 Å². The van der Waals surface area contributed by atoms with Gasteiger partial charge in [-0.2, -0.15) is 5.10 Å². The molecule has 2 aromatic rings. The van der Waals surface area contributed by atoms with E-state index in [2.05, 4.69) is 15.4 Å². The van der Waals surface area contributed by atoms with Crippen molar-refractivity contribution >= 4 is 11.8 Å². The predicted molar refractivity (Wildman–Crippen MR) is 84.7 cm³/mol. The Balaban J connectivity index is 1.72. The smallest absolute Gasteiger partial charge is 0.267 e. The maximum absolute atomic E-state index is 12.2. The highest BCUT2D eigenvalue weighted by Crippen LogP contribution is 2.36. The van der Waals surface area contributed by atoms with Crippen molar-refractivity contribution in [3.63, 3.8) is 0 Å². The van der Waals surface area contributed by atoms with E-state index in [9.17, 15) is 9.59 Å². The Morgan fingerprint density at radius 1 is 1.48 bits per heavy atom. The van der Waals surface area contributed by atoms with Crippen molar-refractivity contribution in [3.05, 3.63) is 41.5 Å². The number of likely N-dealkylation sites (tertiary alicyclic amines) is 1. The molecule has 1 fully saturated rings. The topological polar surface area (TPSA) is 83.0 Å². The van der Waals surface area contributed by atoms with E-state index < -0.39 is 0 Å². The first-order valence-corrected chi connectivity index (χ1v) is 7.63. The lowest BCUT2D eigenvalue weighted by Crippen LogP contribution is -2.33. The van der Waals surface area contributed by atoms with Crippen molar-refractivity contribution in [2.75, 3.05) is 13.6 Å². The number of hydrogen-bond donors (Lipinski definition) is 2. The minimum absolute atomic E-state index is 0.0379. The molecule has 3 heterocycles. The van der Waals surface area contributed by atoms with E-state index in [0.717, 1.165) is 11.1 Å². The number of aromatic amines is 1. The molecular weight excluding hydrogens is 294 g/mol. The number of aromatic nitrogens is 3. The summed E-state index contributed by atoms with van der Waals surface area (Å²) in [5.41, 5.74) is 2.47. The minimum Gasteiger partial charge on any atom is -0.357 e. The lowest BCUT2D eigenvalue weighted by Gasteiger charge is -2.24. The van der Waals surface area contributed by atoms with Crippen LogP contribution in [0.3, 0.4) is 0 Å². The lowest BCUT2D eigenvalue weighted by molar-refractivity contribution is -0.127. The summed E-state index contributed by atoms with van der Waals surface area (Å²) in [7, 11) is 3.65. The van der Waals surface area contributed by atoms with E-state index in [1.807, 2.05) is 26.2 Å². The molecule has 2 atom stereocenters. The summed E-state index contributed by atoms with van der Waals surface area (Å²) in [6.45, 7) is 2.34. The lowest BCUT2D eigenvalue weighted by atomic mass is 9.95. The van der Waals surface area contributed by atoms with Gasteiger partial charge in [0.05, 0.1) is 12.2 Å². The third kappa shape index (κ3) is 2.86. The number of H-pyrrole nitrogens is 1. The molecule has 0 saturated carbocycles. The van der Waals surface area contributed by atoms with Gasteiger partial charge < -0.3 is 15.2 Å². The molecule has 2 N–H and O–H groups in total. The summed E-state index contributed by atoms with van der Waals surface area (Å²) in [6.07, 6.45) is 5.88. The average molecular weight is 315 g/mol. The standard InChI is InChI=1S/C16H21N5O2/c1-10-4-5-17-14(10)16(23)18-7-11-6-13(22)21(3)15(11)12-8-19-20(2)9-12/h4-5,8-9,11,15,17H,6-7H2,1-3H3,(H,18,23)/t11-,15+/m0/s1. The summed E-state index contributed by atoms with van der Waals surface area (Å²) >= 11 is 0. The number of carbonyl (C=O) groups excluding carboxylic acids is 2. The van der Waals surface area contributed by atoms with Crippen molar-refractivity contribution in [1.82, 2.24) is 25.0 Å². The van der Waals surface area contributed by atoms with Gasteiger partial charge in [0.2, 0.25) is 5.91 Å². The normalized spacial score (nSPS) is 21.0. The SMILES string of the molecule is Cc1cc[nH]c1C(=O)NC[C@@H]1CC(=O)N(C)[C@H]1c1cnn(C)c1. The van der Waals surface area contributed by atoms with Crippen LogP contribution in [0.15, 0.2) is 24.7 Å². The monoisotopic (exact) mass is 315 g/mol. The van der Waals surface area contributed by atoms with Gasteiger partial charge in [-0.05, 0) is 18.6 Å². The van der Waals surface area contributed by atoms with Gasteiger partial charge >= 0.3 is 0 Å². The van der Waals surface area contributed by atoms with Crippen LogP contribution in [0.2, 0.25) is 0 Å². The van der Waals surface area contributed by atoms with Crippen LogP contribution in [0.25, 0.3) is 0 Å². The molecule has 0 unspecified atom stereocenters. The fourth-order valence-corrected chi connectivity index (χ4v) is 3.23. The number of amides is 2. The molecule has 7 nitrogen and oxygen atoms in total. The maximum Gasteiger partial charge on any atom is 0.267 e. The molecule has 0 aromatic carbocycles. The first-order chi connectivity index (χ1) is 11.0. The van der Waals surface area contributed by atoms with Crippen LogP contribution >= 0.6 is 0 Å². The number of nitrogens with zero attached hydrogens (tertiary/aromatic N) is 3. The van der Waals surface area contributed by atoms with E-state index in [0.29, 0.717) is 18.7 Å². The maximum atomic E-state index is 12.2. The Kier molecular flexibility index (Phi) is 3.94. The molecule has 122 valence electrons. The average Bonchev–Trinajstić information content (AvgIpc) is 3.18. The van der Waals surface area contributed by atoms with Gasteiger partial charge in [-0.3, -0.25) is 14.3 Å². The molecule has 0 radical (unpaired) electrons. The summed E-state index contributed by atoms with van der Waals surface area (Å²) in [6, 6.07) is 1.81. The van der Waals surface area contributed by atoms with E-state index in [1.54, 1.807) is 29.0 Å². The van der Waals surface area contributed by atoms with Crippen LogP contribution in [0.4, 0.5) is 0 Å². The second kappa shape index (κ2) is 5.91. The third-order valence-corrected chi connectivity index (χ3v) is 4.47. The summed E-state index contributed by atoms with van der Waals surface area (Å²) in [5.74, 6) is -0.00971. The fourth-order valence-electron chi connectivity index (χ4n) is 3.23. The molecule has 2 aromatic heterocycles. The summed E-state index contributed by atoms with van der Waals surface area (Å²) in [4.78, 5) is 29.0. The van der Waals surface area contributed by atoms with Gasteiger partial charge in [-0.15, -0.1) is 0 Å². The number of hydrogen-bond acceptors (Lipinski definition) is 3. The highest BCUT2D eigenvalue weighted by Gasteiger charge is 2.39. The van der Waals surface area contributed by atoms with Crippen LogP contribution in [0.5, 0.6) is 0 Å². The molecule has 7 heteroatoms. The molecule has 0 spiro atoms. The Bertz CT molecular complexity index is 732. The van der Waals surface area contributed by atoms with Gasteiger partial charge in [-0.25, -0.2) is 0 Å². The van der Waals surface area contributed by atoms with E-state index in [1.165, 1.54) is 0 Å². The molecule has 1 aliphatic rings. The Hall–Kier alpha value is -2.57. The second-order valence-corrected chi connectivity index (χ2v) is 6.11. The Morgan fingerprint density at radius 3 is 2.87 bits per heavy atom. The second-order valence-electron chi connectivity index (χ2n) is 6.11. The van der Waals surface area contributed by atoms with E-state index in [-0.39, 0.29) is 23.8 Å². The molecule has 1 saturated heterocycles. The Labute approximate surface area is 134 Å². The summed E-state index contributed by atoms with van der Waals surface area (Å²) in [5, 5.41) is 7.13. The largest absolute Gasteiger partial charge is 0.357 e. The number of nitrogens with one attached hydrogen (secondary N) is 2. The van der Waals surface area contributed by atoms with Crippen LogP contribution < -0.4 is 5.32 Å². The summed E-state index contributed by atoms with van der Waals surface area (Å²) < 4.78 is 1.73. The van der Waals surface area contributed by atoms with Gasteiger partial charge in [-0.1, -0.05) is 0 Å². The van der Waals surface area contributed by atoms with Gasteiger partial charge in [0.15, 0.2) is 0 Å². The van der Waals surface area contributed by atoms with Crippen LogP contribution in [-0.4, -0.2) is 45.1 Å². The number of aryl methyl sites for hydroxylation is 2. The van der Waals surface area contributed by atoms with Gasteiger partial charge in [0, 0.05) is 50.9 Å².